The van der Waals surface area contributed by atoms with Gasteiger partial charge in [-0.1, -0.05) is 40.7 Å². The minimum absolute atomic E-state index is 0.0411. The van der Waals surface area contributed by atoms with Gasteiger partial charge in [0.25, 0.3) is 0 Å². The van der Waals surface area contributed by atoms with E-state index in [2.05, 4.69) is 25.8 Å². The fourth-order valence-corrected chi connectivity index (χ4v) is 1.81. The van der Waals surface area contributed by atoms with Crippen molar-refractivity contribution in [3.8, 4) is 5.75 Å². The number of carboxylic acids is 1. The molecule has 1 atom stereocenters. The molecule has 0 bridgehead atoms. The van der Waals surface area contributed by atoms with E-state index in [1.165, 1.54) is 6.21 Å². The quantitative estimate of drug-likeness (QED) is 0.830. The number of aliphatic carboxylic acids is 1. The number of aromatic hydroxyl groups is 1. The molecular weight excluding hydrogens is 254 g/mol. The van der Waals surface area contributed by atoms with Crippen molar-refractivity contribution < 1.29 is 15.0 Å². The molecule has 0 radical (unpaired) electrons. The highest BCUT2D eigenvalue weighted by molar-refractivity contribution is 5.86. The molecule has 4 heteroatoms. The van der Waals surface area contributed by atoms with Crippen LogP contribution in [0.3, 0.4) is 0 Å². The zero-order valence-corrected chi connectivity index (χ0v) is 12.7. The second kappa shape index (κ2) is 6.07. The molecular formula is C16H23NO3. The van der Waals surface area contributed by atoms with Gasteiger partial charge in [-0.2, -0.15) is 0 Å². The normalized spacial score (nSPS) is 13.9. The summed E-state index contributed by atoms with van der Waals surface area (Å²) in [4.78, 5) is 15.2. The van der Waals surface area contributed by atoms with Crippen molar-refractivity contribution in [3.63, 3.8) is 0 Å². The van der Waals surface area contributed by atoms with Gasteiger partial charge in [-0.25, -0.2) is 4.79 Å². The highest BCUT2D eigenvalue weighted by Gasteiger charge is 2.20. The van der Waals surface area contributed by atoms with E-state index in [0.29, 0.717) is 5.56 Å². The van der Waals surface area contributed by atoms with Gasteiger partial charge in [-0.15, -0.1) is 0 Å². The lowest BCUT2D eigenvalue weighted by atomic mass is 9.86. The maximum atomic E-state index is 11.1. The molecule has 0 aliphatic carbocycles. The number of rotatable bonds is 4. The first-order chi connectivity index (χ1) is 9.12. The van der Waals surface area contributed by atoms with Crippen molar-refractivity contribution in [3.05, 3.63) is 29.3 Å². The predicted octanol–water partition coefficient (Wildman–Crippen LogP) is 3.22. The molecule has 0 amide bonds. The van der Waals surface area contributed by atoms with E-state index < -0.39 is 12.0 Å². The third-order valence-electron chi connectivity index (χ3n) is 3.15. The van der Waals surface area contributed by atoms with Crippen LogP contribution in [-0.2, 0) is 10.2 Å². The predicted molar refractivity (Wildman–Crippen MR) is 80.7 cm³/mol. The van der Waals surface area contributed by atoms with E-state index in [9.17, 15) is 9.90 Å². The largest absolute Gasteiger partial charge is 0.507 e. The fourth-order valence-electron chi connectivity index (χ4n) is 1.81. The molecule has 0 aromatic heterocycles. The summed E-state index contributed by atoms with van der Waals surface area (Å²) in [5.41, 5.74) is 1.57. The number of benzene rings is 1. The zero-order valence-electron chi connectivity index (χ0n) is 12.7. The van der Waals surface area contributed by atoms with Crippen molar-refractivity contribution in [1.82, 2.24) is 0 Å². The van der Waals surface area contributed by atoms with Gasteiger partial charge < -0.3 is 10.2 Å². The van der Waals surface area contributed by atoms with Crippen LogP contribution in [0.2, 0.25) is 0 Å². The Morgan fingerprint density at radius 1 is 1.30 bits per heavy atom. The first kappa shape index (κ1) is 16.2. The third kappa shape index (κ3) is 4.08. The first-order valence-corrected chi connectivity index (χ1v) is 6.72. The van der Waals surface area contributed by atoms with E-state index in [4.69, 9.17) is 5.11 Å². The van der Waals surface area contributed by atoms with Crippen LogP contribution in [0, 0.1) is 5.92 Å². The van der Waals surface area contributed by atoms with E-state index in [1.54, 1.807) is 6.07 Å². The zero-order chi connectivity index (χ0) is 15.5. The molecule has 2 N–H and O–H groups in total. The van der Waals surface area contributed by atoms with Crippen molar-refractivity contribution in [2.75, 3.05) is 0 Å². The molecule has 4 nitrogen and oxygen atoms in total. The summed E-state index contributed by atoms with van der Waals surface area (Å²) in [5, 5.41) is 19.0. The number of phenolic OH excluding ortho intramolecular Hbond substituents is 1. The molecule has 0 saturated carbocycles. The number of phenols is 1. The van der Waals surface area contributed by atoms with Gasteiger partial charge in [0.2, 0.25) is 0 Å². The molecule has 0 aliphatic rings. The number of carbonyl (C=O) groups is 1. The van der Waals surface area contributed by atoms with Crippen LogP contribution in [0.15, 0.2) is 23.2 Å². The van der Waals surface area contributed by atoms with Gasteiger partial charge in [0, 0.05) is 11.8 Å². The minimum Gasteiger partial charge on any atom is -0.507 e. The summed E-state index contributed by atoms with van der Waals surface area (Å²) in [6, 6.07) is 4.53. The van der Waals surface area contributed by atoms with Crippen molar-refractivity contribution in [2.24, 2.45) is 10.9 Å². The van der Waals surface area contributed by atoms with Crippen molar-refractivity contribution >= 4 is 12.2 Å². The standard InChI is InChI=1S/C16H23NO3/c1-10(2)14(15(19)20)17-9-11-8-12(16(3,4)5)6-7-13(11)18/h6-10,14,18H,1-5H3,(H,19,20)/t14-/m0/s1. The second-order valence-electron chi connectivity index (χ2n) is 6.33. The summed E-state index contributed by atoms with van der Waals surface area (Å²) in [5.74, 6) is -0.950. The molecule has 0 saturated heterocycles. The van der Waals surface area contributed by atoms with E-state index >= 15 is 0 Å². The molecule has 20 heavy (non-hydrogen) atoms. The van der Waals surface area contributed by atoms with E-state index in [1.807, 2.05) is 26.0 Å². The molecule has 1 aromatic carbocycles. The van der Waals surface area contributed by atoms with Gasteiger partial charge in [-0.05, 0) is 29.0 Å². The van der Waals surface area contributed by atoms with Crippen LogP contribution in [0.4, 0.5) is 0 Å². The third-order valence-corrected chi connectivity index (χ3v) is 3.15. The number of nitrogens with zero attached hydrogens (tertiary/aromatic N) is 1. The Morgan fingerprint density at radius 3 is 2.35 bits per heavy atom. The molecule has 0 heterocycles. The van der Waals surface area contributed by atoms with Crippen molar-refractivity contribution in [2.45, 2.75) is 46.1 Å². The monoisotopic (exact) mass is 277 g/mol. The smallest absolute Gasteiger partial charge is 0.328 e. The van der Waals surface area contributed by atoms with Crippen LogP contribution in [0.25, 0.3) is 0 Å². The Hall–Kier alpha value is -1.84. The summed E-state index contributed by atoms with van der Waals surface area (Å²) in [6.07, 6.45) is 1.45. The molecule has 110 valence electrons. The molecule has 0 unspecified atom stereocenters. The van der Waals surface area contributed by atoms with Gasteiger partial charge in [-0.3, -0.25) is 4.99 Å². The molecule has 0 aliphatic heterocycles. The Kier molecular flexibility index (Phi) is 4.93. The average molecular weight is 277 g/mol. The summed E-state index contributed by atoms with van der Waals surface area (Å²) in [6.45, 7) is 9.85. The van der Waals surface area contributed by atoms with Crippen LogP contribution < -0.4 is 0 Å². The lowest BCUT2D eigenvalue weighted by Gasteiger charge is -2.19. The molecule has 0 spiro atoms. The second-order valence-corrected chi connectivity index (χ2v) is 6.33. The van der Waals surface area contributed by atoms with Crippen LogP contribution >= 0.6 is 0 Å². The van der Waals surface area contributed by atoms with E-state index in [-0.39, 0.29) is 17.1 Å². The number of hydrogen-bond donors (Lipinski definition) is 2. The summed E-state index contributed by atoms with van der Waals surface area (Å²) >= 11 is 0. The molecule has 0 fully saturated rings. The molecule has 1 rings (SSSR count). The average Bonchev–Trinajstić information content (AvgIpc) is 2.29. The molecule has 1 aromatic rings. The Labute approximate surface area is 120 Å². The minimum atomic E-state index is -0.956. The van der Waals surface area contributed by atoms with Crippen LogP contribution in [0.1, 0.15) is 45.7 Å². The van der Waals surface area contributed by atoms with Gasteiger partial charge >= 0.3 is 5.97 Å². The summed E-state index contributed by atoms with van der Waals surface area (Å²) < 4.78 is 0. The van der Waals surface area contributed by atoms with Gasteiger partial charge in [0.15, 0.2) is 0 Å². The number of aliphatic imine (C=N–C) groups is 1. The maximum absolute atomic E-state index is 11.1. The van der Waals surface area contributed by atoms with Crippen LogP contribution in [-0.4, -0.2) is 28.4 Å². The number of hydrogen-bond acceptors (Lipinski definition) is 3. The highest BCUT2D eigenvalue weighted by Crippen LogP contribution is 2.26. The Morgan fingerprint density at radius 2 is 1.90 bits per heavy atom. The number of carboxylic acid groups (broad SMARTS) is 1. The van der Waals surface area contributed by atoms with E-state index in [0.717, 1.165) is 5.56 Å². The topological polar surface area (TPSA) is 69.9 Å². The van der Waals surface area contributed by atoms with Crippen LogP contribution in [0.5, 0.6) is 5.75 Å². The first-order valence-electron chi connectivity index (χ1n) is 6.72. The SMILES string of the molecule is CC(C)[C@H](N=Cc1cc(C(C)(C)C)ccc1O)C(=O)O. The lowest BCUT2D eigenvalue weighted by Crippen LogP contribution is -2.24. The Balaban J connectivity index is 3.11. The van der Waals surface area contributed by atoms with Gasteiger partial charge in [0.1, 0.15) is 11.8 Å². The Bertz CT molecular complexity index is 513. The van der Waals surface area contributed by atoms with Crippen molar-refractivity contribution in [1.29, 1.82) is 0 Å². The summed E-state index contributed by atoms with van der Waals surface area (Å²) in [7, 11) is 0. The van der Waals surface area contributed by atoms with Gasteiger partial charge in [0.05, 0.1) is 0 Å². The lowest BCUT2D eigenvalue weighted by molar-refractivity contribution is -0.139. The highest BCUT2D eigenvalue weighted by atomic mass is 16.4. The maximum Gasteiger partial charge on any atom is 0.328 e. The fraction of sp³-hybridized carbons (Fsp3) is 0.500.